The summed E-state index contributed by atoms with van der Waals surface area (Å²) >= 11 is 1.20. The average molecular weight is 435 g/mol. The van der Waals surface area contributed by atoms with Gasteiger partial charge in [0.15, 0.2) is 10.7 Å². The summed E-state index contributed by atoms with van der Waals surface area (Å²) in [5.74, 6) is -0.0371. The summed E-state index contributed by atoms with van der Waals surface area (Å²) in [6, 6.07) is 19.5. The summed E-state index contributed by atoms with van der Waals surface area (Å²) in [4.78, 5) is 13.7. The Bertz CT molecular complexity index is 1000. The Labute approximate surface area is 190 Å². The molecule has 3 nitrogen and oxygen atoms in total. The molecule has 0 bridgehead atoms. The van der Waals surface area contributed by atoms with E-state index in [0.717, 1.165) is 32.2 Å². The minimum atomic E-state index is -0.152. The SMILES string of the molecule is CC(C)(C)c1ccc([SH+]N2CCC3=CC(=O)/C(=C\O)CC3(Cc3ccccc3)C2)cc1. The highest BCUT2D eigenvalue weighted by Crippen LogP contribution is 2.46. The molecule has 1 heterocycles. The highest BCUT2D eigenvalue weighted by atomic mass is 32.2. The zero-order valence-electron chi connectivity index (χ0n) is 18.6. The van der Waals surface area contributed by atoms with Crippen LogP contribution in [0.2, 0.25) is 0 Å². The number of nitrogens with zero attached hydrogens (tertiary/aromatic N) is 1. The van der Waals surface area contributed by atoms with Crippen LogP contribution in [0.25, 0.3) is 0 Å². The normalized spacial score (nSPS) is 23.5. The van der Waals surface area contributed by atoms with Crippen molar-refractivity contribution in [2.75, 3.05) is 13.1 Å². The first-order valence-corrected chi connectivity index (χ1v) is 11.8. The maximum Gasteiger partial charge on any atom is 0.184 e. The average Bonchev–Trinajstić information content (AvgIpc) is 2.74. The standard InChI is InChI=1S/C27H31NO2S/c1-26(2,3)22-9-11-24(12-10-22)31-28-14-13-23-15-25(30)21(18-29)17-27(23,19-28)16-20-7-5-4-6-8-20/h4-12,15,18,29H,13-14,16-17,19H2,1-3H3/p+1/b21-18-. The molecule has 4 heteroatoms. The monoisotopic (exact) mass is 434 g/mol. The van der Waals surface area contributed by atoms with Gasteiger partial charge in [0.25, 0.3) is 0 Å². The van der Waals surface area contributed by atoms with Crippen molar-refractivity contribution in [3.8, 4) is 0 Å². The first kappa shape index (κ1) is 21.9. The quantitative estimate of drug-likeness (QED) is 0.305. The summed E-state index contributed by atoms with van der Waals surface area (Å²) in [7, 11) is 0. The second-order valence-electron chi connectivity index (χ2n) is 9.84. The fourth-order valence-corrected chi connectivity index (χ4v) is 5.90. The highest BCUT2D eigenvalue weighted by Gasteiger charge is 2.46. The van der Waals surface area contributed by atoms with Crippen LogP contribution in [-0.4, -0.2) is 28.3 Å². The van der Waals surface area contributed by atoms with E-state index in [-0.39, 0.29) is 16.6 Å². The van der Waals surface area contributed by atoms with Gasteiger partial charge in [0.05, 0.1) is 24.8 Å². The van der Waals surface area contributed by atoms with Gasteiger partial charge < -0.3 is 5.11 Å². The van der Waals surface area contributed by atoms with Crippen LogP contribution in [0.1, 0.15) is 44.7 Å². The van der Waals surface area contributed by atoms with Gasteiger partial charge in [0.1, 0.15) is 0 Å². The number of carbonyl (C=O) groups excluding carboxylic acids is 1. The summed E-state index contributed by atoms with van der Waals surface area (Å²) in [6.07, 6.45) is 5.17. The Kier molecular flexibility index (Phi) is 6.14. The largest absolute Gasteiger partial charge is 0.515 e. The van der Waals surface area contributed by atoms with E-state index in [1.54, 1.807) is 6.08 Å². The Balaban J connectivity index is 1.59. The maximum atomic E-state index is 12.4. The molecule has 0 spiro atoms. The number of carbonyl (C=O) groups is 1. The van der Waals surface area contributed by atoms with Gasteiger partial charge in [-0.2, -0.15) is 0 Å². The molecular formula is C27H32NO2S+. The van der Waals surface area contributed by atoms with Gasteiger partial charge in [-0.3, -0.25) is 4.79 Å². The van der Waals surface area contributed by atoms with E-state index in [4.69, 9.17) is 0 Å². The zero-order chi connectivity index (χ0) is 22.1. The van der Waals surface area contributed by atoms with Gasteiger partial charge in [0, 0.05) is 17.5 Å². The lowest BCUT2D eigenvalue weighted by Gasteiger charge is -2.44. The predicted octanol–water partition coefficient (Wildman–Crippen LogP) is 5.35. The third kappa shape index (κ3) is 4.81. The minimum Gasteiger partial charge on any atom is -0.515 e. The maximum absolute atomic E-state index is 12.4. The number of thiol groups is 1. The number of rotatable bonds is 4. The van der Waals surface area contributed by atoms with E-state index in [9.17, 15) is 9.90 Å². The molecule has 0 aromatic heterocycles. The number of ketones is 1. The number of aliphatic hydroxyl groups excluding tert-OH is 1. The van der Waals surface area contributed by atoms with Crippen LogP contribution in [0.3, 0.4) is 0 Å². The first-order valence-electron chi connectivity index (χ1n) is 11.0. The van der Waals surface area contributed by atoms with Gasteiger partial charge >= 0.3 is 0 Å². The van der Waals surface area contributed by atoms with Crippen molar-refractivity contribution in [2.45, 2.75) is 50.3 Å². The van der Waals surface area contributed by atoms with Gasteiger partial charge in [-0.05, 0) is 54.0 Å². The topological polar surface area (TPSA) is 40.5 Å². The molecule has 0 saturated carbocycles. The van der Waals surface area contributed by atoms with E-state index < -0.39 is 0 Å². The molecule has 1 atom stereocenters. The lowest BCUT2D eigenvalue weighted by molar-refractivity contribution is -0.112. The molecule has 0 radical (unpaired) electrons. The molecule has 31 heavy (non-hydrogen) atoms. The Morgan fingerprint density at radius 1 is 1.10 bits per heavy atom. The molecule has 1 fully saturated rings. The van der Waals surface area contributed by atoms with Crippen molar-refractivity contribution in [1.82, 2.24) is 4.31 Å². The highest BCUT2D eigenvalue weighted by molar-refractivity contribution is 7.76. The van der Waals surface area contributed by atoms with Gasteiger partial charge in [-0.25, -0.2) is 0 Å². The summed E-state index contributed by atoms with van der Waals surface area (Å²) < 4.78 is 2.48. The van der Waals surface area contributed by atoms with Crippen LogP contribution in [0.4, 0.5) is 0 Å². The van der Waals surface area contributed by atoms with Gasteiger partial charge in [-0.15, -0.1) is 4.31 Å². The fourth-order valence-electron chi connectivity index (χ4n) is 4.75. The molecule has 1 N–H and O–H groups in total. The smallest absolute Gasteiger partial charge is 0.184 e. The number of fused-ring (bicyclic) bond motifs is 1. The molecule has 1 aliphatic heterocycles. The molecule has 1 saturated heterocycles. The molecule has 162 valence electrons. The predicted molar refractivity (Wildman–Crippen MR) is 129 cm³/mol. The number of benzene rings is 2. The molecular weight excluding hydrogens is 402 g/mol. The Morgan fingerprint density at radius 2 is 1.81 bits per heavy atom. The van der Waals surface area contributed by atoms with Crippen molar-refractivity contribution >= 4 is 17.7 Å². The van der Waals surface area contributed by atoms with Crippen molar-refractivity contribution in [1.29, 1.82) is 0 Å². The lowest BCUT2D eigenvalue weighted by Crippen LogP contribution is -2.47. The van der Waals surface area contributed by atoms with E-state index in [1.807, 2.05) is 6.07 Å². The lowest BCUT2D eigenvalue weighted by atomic mass is 9.65. The van der Waals surface area contributed by atoms with Crippen LogP contribution < -0.4 is 0 Å². The Morgan fingerprint density at radius 3 is 2.45 bits per heavy atom. The molecule has 2 aromatic rings. The van der Waals surface area contributed by atoms with Gasteiger partial charge in [0.2, 0.25) is 0 Å². The minimum absolute atomic E-state index is 0.0371. The van der Waals surface area contributed by atoms with E-state index in [1.165, 1.54) is 33.5 Å². The summed E-state index contributed by atoms with van der Waals surface area (Å²) in [5.41, 5.74) is 4.38. The van der Waals surface area contributed by atoms with E-state index in [0.29, 0.717) is 12.0 Å². The van der Waals surface area contributed by atoms with E-state index in [2.05, 4.69) is 73.6 Å². The second-order valence-corrected chi connectivity index (χ2v) is 11.1. The molecule has 1 unspecified atom stereocenters. The van der Waals surface area contributed by atoms with Crippen LogP contribution in [-0.2, 0) is 28.6 Å². The number of allylic oxidation sites excluding steroid dienone is 2. The van der Waals surface area contributed by atoms with E-state index >= 15 is 0 Å². The second kappa shape index (κ2) is 8.68. The number of hydrogen-bond acceptors (Lipinski definition) is 3. The molecule has 1 aliphatic carbocycles. The molecule has 2 aliphatic rings. The van der Waals surface area contributed by atoms with Crippen molar-refractivity contribution in [2.24, 2.45) is 5.41 Å². The third-order valence-electron chi connectivity index (χ3n) is 6.49. The zero-order valence-corrected chi connectivity index (χ0v) is 19.5. The third-order valence-corrected chi connectivity index (χ3v) is 7.64. The number of piperidine rings is 1. The first-order chi connectivity index (χ1) is 14.8. The number of aliphatic hydroxyl groups is 1. The van der Waals surface area contributed by atoms with Crippen LogP contribution >= 0.6 is 0 Å². The van der Waals surface area contributed by atoms with Crippen LogP contribution in [0.15, 0.2) is 83.0 Å². The van der Waals surface area contributed by atoms with Gasteiger partial charge in [-0.1, -0.05) is 68.8 Å². The number of hydrogen-bond donors (Lipinski definition) is 1. The molecule has 2 aromatic carbocycles. The van der Waals surface area contributed by atoms with Crippen LogP contribution in [0, 0.1) is 5.41 Å². The summed E-state index contributed by atoms with van der Waals surface area (Å²) in [5, 5.41) is 9.70. The van der Waals surface area contributed by atoms with Crippen LogP contribution in [0.5, 0.6) is 0 Å². The van der Waals surface area contributed by atoms with Crippen molar-refractivity contribution in [3.63, 3.8) is 0 Å². The fraction of sp³-hybridized carbons (Fsp3) is 0.370. The van der Waals surface area contributed by atoms with Crippen molar-refractivity contribution < 1.29 is 9.90 Å². The molecule has 4 rings (SSSR count). The summed E-state index contributed by atoms with van der Waals surface area (Å²) in [6.45, 7) is 8.53. The molecule has 0 amide bonds. The van der Waals surface area contributed by atoms with Crippen molar-refractivity contribution in [3.05, 3.63) is 89.2 Å². The Hall–Kier alpha value is -2.30.